The number of aryl methyl sites for hydroxylation is 2. The summed E-state index contributed by atoms with van der Waals surface area (Å²) in [6, 6.07) is 1.91. The van der Waals surface area contributed by atoms with Crippen molar-refractivity contribution in [1.82, 2.24) is 4.98 Å². The molecule has 0 bridgehead atoms. The van der Waals surface area contributed by atoms with Crippen LogP contribution in [-0.4, -0.2) is 4.98 Å². The van der Waals surface area contributed by atoms with E-state index in [0.29, 0.717) is 0 Å². The number of hydrogen-bond donors (Lipinski definition) is 1. The molecule has 0 fully saturated rings. The molecule has 1 rings (SSSR count). The van der Waals surface area contributed by atoms with Crippen LogP contribution < -0.4 is 5.73 Å². The summed E-state index contributed by atoms with van der Waals surface area (Å²) >= 11 is 0. The number of anilines is 1. The minimum atomic E-state index is 0. The van der Waals surface area contributed by atoms with Gasteiger partial charge in [-0.3, -0.25) is 4.98 Å². The van der Waals surface area contributed by atoms with Gasteiger partial charge >= 0.3 is 0 Å². The Labute approximate surface area is 66.9 Å². The summed E-state index contributed by atoms with van der Waals surface area (Å²) in [4.78, 5) is 4.01. The Hall–Kier alpha value is -0.760. The number of nitrogens with zero attached hydrogens (tertiary/aromatic N) is 1. The molecule has 0 unspecified atom stereocenters. The second-order valence-electron chi connectivity index (χ2n) is 2.13. The van der Waals surface area contributed by atoms with E-state index >= 15 is 0 Å². The molecule has 0 saturated heterocycles. The fraction of sp³-hybridized carbons (Fsp3) is 0.286. The Kier molecular flexibility index (Phi) is 3.16. The van der Waals surface area contributed by atoms with Crippen molar-refractivity contribution >= 4 is 18.1 Å². The lowest BCUT2D eigenvalue weighted by Gasteiger charge is -1.99. The van der Waals surface area contributed by atoms with Crippen molar-refractivity contribution in [2.75, 3.05) is 5.73 Å². The summed E-state index contributed by atoms with van der Waals surface area (Å²) < 4.78 is 0. The van der Waals surface area contributed by atoms with Gasteiger partial charge in [0.1, 0.15) is 0 Å². The van der Waals surface area contributed by atoms with Crippen molar-refractivity contribution in [1.29, 1.82) is 0 Å². The van der Waals surface area contributed by atoms with E-state index in [4.69, 9.17) is 5.73 Å². The van der Waals surface area contributed by atoms with Gasteiger partial charge in [0.25, 0.3) is 0 Å². The summed E-state index contributed by atoms with van der Waals surface area (Å²) in [5.74, 6) is 0. The van der Waals surface area contributed by atoms with E-state index in [1.165, 1.54) is 0 Å². The topological polar surface area (TPSA) is 38.9 Å². The van der Waals surface area contributed by atoms with Crippen LogP contribution in [0.2, 0.25) is 0 Å². The fourth-order valence-corrected chi connectivity index (χ4v) is 0.706. The quantitative estimate of drug-likeness (QED) is 0.624. The molecule has 0 spiro atoms. The highest BCUT2D eigenvalue weighted by atomic mass is 35.5. The molecule has 1 aromatic rings. The van der Waals surface area contributed by atoms with E-state index in [0.717, 1.165) is 16.9 Å². The third-order valence-electron chi connectivity index (χ3n) is 1.41. The summed E-state index contributed by atoms with van der Waals surface area (Å²) in [6.45, 7) is 3.88. The molecule has 2 N–H and O–H groups in total. The Morgan fingerprint density at radius 2 is 2.00 bits per heavy atom. The summed E-state index contributed by atoms with van der Waals surface area (Å²) in [7, 11) is 0. The lowest BCUT2D eigenvalue weighted by molar-refractivity contribution is 1.18. The fourth-order valence-electron chi connectivity index (χ4n) is 0.706. The molecule has 0 aliphatic rings. The number of nitrogens with two attached hydrogens (primary N) is 1. The lowest BCUT2D eigenvalue weighted by Crippen LogP contribution is -1.94. The zero-order valence-electron chi connectivity index (χ0n) is 6.09. The first-order valence-electron chi connectivity index (χ1n) is 2.89. The largest absolute Gasteiger partial charge is 0.397 e. The van der Waals surface area contributed by atoms with E-state index in [1.807, 2.05) is 19.9 Å². The first-order chi connectivity index (χ1) is 4.22. The van der Waals surface area contributed by atoms with Gasteiger partial charge in [0.2, 0.25) is 0 Å². The Morgan fingerprint density at radius 3 is 2.40 bits per heavy atom. The van der Waals surface area contributed by atoms with Crippen LogP contribution in [-0.2, 0) is 0 Å². The van der Waals surface area contributed by atoms with E-state index < -0.39 is 0 Å². The number of pyridine rings is 1. The zero-order valence-corrected chi connectivity index (χ0v) is 6.90. The predicted molar refractivity (Wildman–Crippen MR) is 45.4 cm³/mol. The molecule has 1 aromatic heterocycles. The zero-order chi connectivity index (χ0) is 6.85. The SMILES string of the molecule is Cc1ccnc(C)c1N.Cl. The van der Waals surface area contributed by atoms with Crippen molar-refractivity contribution in [2.24, 2.45) is 0 Å². The van der Waals surface area contributed by atoms with Gasteiger partial charge in [0.15, 0.2) is 0 Å². The van der Waals surface area contributed by atoms with Crippen LogP contribution in [0.1, 0.15) is 11.3 Å². The highest BCUT2D eigenvalue weighted by molar-refractivity contribution is 5.85. The van der Waals surface area contributed by atoms with Crippen molar-refractivity contribution in [2.45, 2.75) is 13.8 Å². The molecular weight excluding hydrogens is 148 g/mol. The summed E-state index contributed by atoms with van der Waals surface area (Å²) in [6.07, 6.45) is 1.76. The van der Waals surface area contributed by atoms with Gasteiger partial charge in [-0.1, -0.05) is 0 Å². The van der Waals surface area contributed by atoms with E-state index in [9.17, 15) is 0 Å². The van der Waals surface area contributed by atoms with Gasteiger partial charge in [-0.2, -0.15) is 0 Å². The Bertz CT molecular complexity index is 203. The van der Waals surface area contributed by atoms with Crippen LogP contribution in [0.25, 0.3) is 0 Å². The maximum Gasteiger partial charge on any atom is 0.0604 e. The molecule has 0 saturated carbocycles. The average Bonchev–Trinajstić information content (AvgIpc) is 1.83. The van der Waals surface area contributed by atoms with E-state index in [2.05, 4.69) is 4.98 Å². The molecule has 0 aromatic carbocycles. The number of halogens is 1. The maximum absolute atomic E-state index is 5.62. The summed E-state index contributed by atoms with van der Waals surface area (Å²) in [5.41, 5.74) is 8.43. The smallest absolute Gasteiger partial charge is 0.0604 e. The summed E-state index contributed by atoms with van der Waals surface area (Å²) in [5, 5.41) is 0. The minimum absolute atomic E-state index is 0. The first-order valence-corrected chi connectivity index (χ1v) is 2.89. The van der Waals surface area contributed by atoms with Crippen molar-refractivity contribution in [3.05, 3.63) is 23.5 Å². The van der Waals surface area contributed by atoms with Crippen LogP contribution in [0.4, 0.5) is 5.69 Å². The van der Waals surface area contributed by atoms with Crippen LogP contribution in [0.5, 0.6) is 0 Å². The molecule has 10 heavy (non-hydrogen) atoms. The van der Waals surface area contributed by atoms with Gasteiger partial charge in [-0.25, -0.2) is 0 Å². The molecule has 3 heteroatoms. The Morgan fingerprint density at radius 1 is 1.40 bits per heavy atom. The molecule has 1 heterocycles. The third kappa shape index (κ3) is 1.61. The molecular formula is C7H11ClN2. The van der Waals surface area contributed by atoms with Gasteiger partial charge in [0, 0.05) is 6.20 Å². The third-order valence-corrected chi connectivity index (χ3v) is 1.41. The highest BCUT2D eigenvalue weighted by Crippen LogP contribution is 2.10. The van der Waals surface area contributed by atoms with Crippen LogP contribution >= 0.6 is 12.4 Å². The molecule has 0 atom stereocenters. The van der Waals surface area contributed by atoms with Crippen molar-refractivity contribution in [3.63, 3.8) is 0 Å². The molecule has 0 radical (unpaired) electrons. The second kappa shape index (κ2) is 3.42. The van der Waals surface area contributed by atoms with Crippen LogP contribution in [0.15, 0.2) is 12.3 Å². The molecule has 0 aliphatic heterocycles. The number of aromatic nitrogens is 1. The number of hydrogen-bond acceptors (Lipinski definition) is 2. The molecule has 0 amide bonds. The average molecular weight is 159 g/mol. The standard InChI is InChI=1S/C7H10N2.ClH/c1-5-3-4-9-6(2)7(5)8;/h3-4H,8H2,1-2H3;1H. The maximum atomic E-state index is 5.62. The number of nitrogen functional groups attached to an aromatic ring is 1. The van der Waals surface area contributed by atoms with Gasteiger partial charge in [-0.05, 0) is 25.5 Å². The molecule has 2 nitrogen and oxygen atoms in total. The van der Waals surface area contributed by atoms with Crippen molar-refractivity contribution in [3.8, 4) is 0 Å². The number of rotatable bonds is 0. The normalized spacial score (nSPS) is 8.60. The second-order valence-corrected chi connectivity index (χ2v) is 2.13. The van der Waals surface area contributed by atoms with Crippen LogP contribution in [0.3, 0.4) is 0 Å². The first kappa shape index (κ1) is 9.24. The lowest BCUT2D eigenvalue weighted by atomic mass is 10.2. The highest BCUT2D eigenvalue weighted by Gasteiger charge is 1.94. The molecule has 0 aliphatic carbocycles. The monoisotopic (exact) mass is 158 g/mol. The van der Waals surface area contributed by atoms with E-state index in [-0.39, 0.29) is 12.4 Å². The van der Waals surface area contributed by atoms with Crippen LogP contribution in [0, 0.1) is 13.8 Å². The van der Waals surface area contributed by atoms with Gasteiger partial charge in [-0.15, -0.1) is 12.4 Å². The van der Waals surface area contributed by atoms with Crippen molar-refractivity contribution < 1.29 is 0 Å². The predicted octanol–water partition coefficient (Wildman–Crippen LogP) is 1.70. The van der Waals surface area contributed by atoms with E-state index in [1.54, 1.807) is 6.20 Å². The Balaban J connectivity index is 0.000000810. The van der Waals surface area contributed by atoms with Gasteiger partial charge in [0.05, 0.1) is 11.4 Å². The molecule has 56 valence electrons. The minimum Gasteiger partial charge on any atom is -0.397 e. The van der Waals surface area contributed by atoms with Gasteiger partial charge < -0.3 is 5.73 Å².